The minimum Gasteiger partial charge on any atom is -0.455 e. The van der Waals surface area contributed by atoms with Gasteiger partial charge in [0.05, 0.1) is 37.1 Å². The maximum atomic E-state index is 16.1. The Morgan fingerprint density at radius 3 is 2.42 bits per heavy atom. The number of carbonyl (C=O) groups is 4. The number of fused-ring (bicyclic) bond motifs is 1. The zero-order valence-electron chi connectivity index (χ0n) is 28.6. The summed E-state index contributed by atoms with van der Waals surface area (Å²) in [5, 5.41) is 8.69. The number of carbonyl (C=O) groups excluding carboxylic acids is 4. The molecule has 0 aliphatic carbocycles. The molecule has 13 nitrogen and oxygen atoms in total. The van der Waals surface area contributed by atoms with Gasteiger partial charge in [0.1, 0.15) is 17.6 Å². The van der Waals surface area contributed by atoms with Crippen molar-refractivity contribution < 1.29 is 37.8 Å². The summed E-state index contributed by atoms with van der Waals surface area (Å²) in [6.07, 6.45) is 5.15. The number of nitrogens with zero attached hydrogens (tertiary/aromatic N) is 5. The molecular weight excluding hydrogens is 642 g/mol. The van der Waals surface area contributed by atoms with Gasteiger partial charge in [-0.1, -0.05) is 56.4 Å². The molecule has 0 spiro atoms. The van der Waals surface area contributed by atoms with Crippen molar-refractivity contribution in [3.05, 3.63) is 24.5 Å². The smallest absolute Gasteiger partial charge is 0.411 e. The standard InChI is InChI=1S/C32H44BFN6O7S/c1-9-22-32(7)25(40(29(44)47-32)13-11-10-12-39-16-20(37-38-39)21-15-36-28(35)48-21)18(3)23(41)17(2)14-30(5,45-8)24(33)19(4)26(42)31(6,34)27(43)46-22/h10-11,15-19,22,24-25H,9,12-14H2,1-8H3,(H2,35,36)/b11-10+/t17-,18+,19-,22-,24-,25-,30-,31+,32-/m1/s1. The van der Waals surface area contributed by atoms with Crippen LogP contribution in [0.1, 0.15) is 61.3 Å². The molecule has 0 unspecified atom stereocenters. The summed E-state index contributed by atoms with van der Waals surface area (Å²) in [7, 11) is 7.89. The fourth-order valence-electron chi connectivity index (χ4n) is 6.95. The van der Waals surface area contributed by atoms with Crippen molar-refractivity contribution in [1.82, 2.24) is 24.9 Å². The molecule has 2 saturated heterocycles. The minimum absolute atomic E-state index is 0.0416. The lowest BCUT2D eigenvalue weighted by atomic mass is 9.61. The van der Waals surface area contributed by atoms with Crippen LogP contribution in [-0.2, 0) is 35.1 Å². The van der Waals surface area contributed by atoms with Crippen molar-refractivity contribution in [1.29, 1.82) is 0 Å². The normalized spacial score (nSPS) is 35.4. The largest absolute Gasteiger partial charge is 0.455 e. The molecule has 2 fully saturated rings. The van der Waals surface area contributed by atoms with E-state index in [1.165, 1.54) is 30.3 Å². The predicted molar refractivity (Wildman–Crippen MR) is 177 cm³/mol. The Hall–Kier alpha value is -3.66. The molecule has 0 bridgehead atoms. The molecule has 4 heterocycles. The van der Waals surface area contributed by atoms with Crippen LogP contribution >= 0.6 is 11.3 Å². The van der Waals surface area contributed by atoms with E-state index >= 15 is 4.39 Å². The fraction of sp³-hybridized carbons (Fsp3) is 0.656. The molecular formula is C32H44BFN6O7S. The summed E-state index contributed by atoms with van der Waals surface area (Å²) in [6, 6.07) is -0.928. The number of cyclic esters (lactones) is 1. The Kier molecular flexibility index (Phi) is 10.9. The molecule has 260 valence electrons. The number of hydrogen-bond donors (Lipinski definition) is 1. The summed E-state index contributed by atoms with van der Waals surface area (Å²) < 4.78 is 35.0. The van der Waals surface area contributed by atoms with Crippen LogP contribution in [0.4, 0.5) is 14.3 Å². The van der Waals surface area contributed by atoms with Gasteiger partial charge in [-0.05, 0) is 39.4 Å². The molecule has 4 rings (SSSR count). The Bertz CT molecular complexity index is 1570. The highest BCUT2D eigenvalue weighted by Crippen LogP contribution is 2.44. The molecule has 0 saturated carbocycles. The van der Waals surface area contributed by atoms with Crippen LogP contribution in [0, 0.1) is 17.8 Å². The first kappa shape index (κ1) is 37.2. The number of halogens is 1. The van der Waals surface area contributed by atoms with Crippen molar-refractivity contribution in [2.24, 2.45) is 17.8 Å². The second-order valence-electron chi connectivity index (χ2n) is 13.3. The number of aromatic nitrogens is 4. The number of alkyl halides is 1. The fourth-order valence-corrected chi connectivity index (χ4v) is 7.59. The van der Waals surface area contributed by atoms with Gasteiger partial charge in [-0.3, -0.25) is 14.5 Å². The topological polar surface area (TPSA) is 169 Å². The Balaban J connectivity index is 1.67. The van der Waals surface area contributed by atoms with E-state index < -0.39 is 70.4 Å². The van der Waals surface area contributed by atoms with Crippen LogP contribution in [0.15, 0.2) is 24.5 Å². The third kappa shape index (κ3) is 6.91. The first-order valence-electron chi connectivity index (χ1n) is 16.0. The van der Waals surface area contributed by atoms with Gasteiger partial charge in [0.2, 0.25) is 0 Å². The van der Waals surface area contributed by atoms with Crippen molar-refractivity contribution in [2.45, 2.75) is 103 Å². The van der Waals surface area contributed by atoms with E-state index in [2.05, 4.69) is 15.3 Å². The van der Waals surface area contributed by atoms with E-state index in [9.17, 15) is 19.2 Å². The highest BCUT2D eigenvalue weighted by Gasteiger charge is 2.61. The molecule has 2 radical (unpaired) electrons. The van der Waals surface area contributed by atoms with Crippen LogP contribution < -0.4 is 5.73 Å². The second kappa shape index (κ2) is 14.1. The first-order chi connectivity index (χ1) is 22.4. The number of thiazole rings is 1. The quantitative estimate of drug-likeness (QED) is 0.194. The number of Topliss-reactive ketones (excluding diaryl/α,β-unsaturated/α-hetero) is 2. The number of rotatable bonds is 7. The molecule has 2 N–H and O–H groups in total. The number of ether oxygens (including phenoxy) is 3. The molecule has 48 heavy (non-hydrogen) atoms. The van der Waals surface area contributed by atoms with Crippen LogP contribution in [0.25, 0.3) is 10.6 Å². The average molecular weight is 687 g/mol. The van der Waals surface area contributed by atoms with Gasteiger partial charge in [0.15, 0.2) is 16.5 Å². The summed E-state index contributed by atoms with van der Waals surface area (Å²) in [6.45, 7) is 11.0. The summed E-state index contributed by atoms with van der Waals surface area (Å²) in [5.74, 6) is -6.39. The summed E-state index contributed by atoms with van der Waals surface area (Å²) in [5.41, 5.74) is 0.473. The number of anilines is 1. The Morgan fingerprint density at radius 1 is 1.15 bits per heavy atom. The number of allylic oxidation sites excluding steroid dienone is 1. The number of ketones is 2. The molecule has 2 aliphatic heterocycles. The molecule has 2 aliphatic rings. The molecule has 16 heteroatoms. The third-order valence-corrected chi connectivity index (χ3v) is 10.7. The average Bonchev–Trinajstić information content (AvgIpc) is 3.76. The highest BCUT2D eigenvalue weighted by molar-refractivity contribution is 7.18. The van der Waals surface area contributed by atoms with E-state index in [0.29, 0.717) is 17.4 Å². The van der Waals surface area contributed by atoms with Crippen LogP contribution in [-0.4, -0.2) is 99.0 Å². The van der Waals surface area contributed by atoms with E-state index in [0.717, 1.165) is 11.8 Å². The van der Waals surface area contributed by atoms with Crippen molar-refractivity contribution >= 4 is 47.9 Å². The Labute approximate surface area is 285 Å². The van der Waals surface area contributed by atoms with E-state index in [4.69, 9.17) is 27.8 Å². The maximum absolute atomic E-state index is 16.1. The van der Waals surface area contributed by atoms with Crippen LogP contribution in [0.3, 0.4) is 0 Å². The molecule has 0 aromatic carbocycles. The maximum Gasteiger partial charge on any atom is 0.411 e. The number of amides is 1. The van der Waals surface area contributed by atoms with E-state index in [1.807, 2.05) is 0 Å². The molecule has 1 amide bonds. The van der Waals surface area contributed by atoms with Crippen molar-refractivity contribution in [2.75, 3.05) is 19.4 Å². The van der Waals surface area contributed by atoms with Gasteiger partial charge >= 0.3 is 12.1 Å². The molecule has 2 aromatic rings. The monoisotopic (exact) mass is 686 g/mol. The first-order valence-corrected chi connectivity index (χ1v) is 16.8. The lowest BCUT2D eigenvalue weighted by Crippen LogP contribution is -2.59. The number of methoxy groups -OCH3 is 1. The second-order valence-corrected chi connectivity index (χ2v) is 14.4. The van der Waals surface area contributed by atoms with E-state index in [-0.39, 0.29) is 25.2 Å². The number of nitrogen functional groups attached to an aromatic ring is 1. The lowest BCUT2D eigenvalue weighted by molar-refractivity contribution is -0.180. The zero-order valence-corrected chi connectivity index (χ0v) is 29.5. The van der Waals surface area contributed by atoms with Gasteiger partial charge in [0.25, 0.3) is 5.67 Å². The van der Waals surface area contributed by atoms with Crippen LogP contribution in [0.2, 0.25) is 5.82 Å². The van der Waals surface area contributed by atoms with Crippen molar-refractivity contribution in [3.63, 3.8) is 0 Å². The van der Waals surface area contributed by atoms with Gasteiger partial charge in [-0.15, -0.1) is 5.10 Å². The Morgan fingerprint density at radius 2 is 1.81 bits per heavy atom. The zero-order chi connectivity index (χ0) is 35.8. The minimum atomic E-state index is -3.05. The predicted octanol–water partition coefficient (Wildman–Crippen LogP) is 3.98. The number of nitrogens with two attached hydrogens (primary N) is 1. The van der Waals surface area contributed by atoms with Gasteiger partial charge < -0.3 is 19.9 Å². The summed E-state index contributed by atoms with van der Waals surface area (Å²) >= 11 is 1.29. The van der Waals surface area contributed by atoms with Crippen LogP contribution in [0.5, 0.6) is 0 Å². The molecule has 2 aromatic heterocycles. The summed E-state index contributed by atoms with van der Waals surface area (Å²) in [4.78, 5) is 60.6. The van der Waals surface area contributed by atoms with Crippen molar-refractivity contribution in [3.8, 4) is 10.6 Å². The molecule has 9 atom stereocenters. The lowest BCUT2D eigenvalue weighted by Gasteiger charge is -2.43. The highest BCUT2D eigenvalue weighted by atomic mass is 32.1. The van der Waals surface area contributed by atoms with Gasteiger partial charge in [-0.2, -0.15) is 0 Å². The van der Waals surface area contributed by atoms with Gasteiger partial charge in [0, 0.05) is 37.6 Å². The third-order valence-electron chi connectivity index (χ3n) is 9.89. The number of hydrogen-bond acceptors (Lipinski definition) is 12. The van der Waals surface area contributed by atoms with E-state index in [1.54, 1.807) is 63.8 Å². The SMILES string of the molecule is [B][C@@H]1[C@@H](C)C(=O)[C@](C)(F)C(=O)O[C@H](CC)[C@@]2(C)OC(=O)N(C/C=C/Cn3cc(-c4cnc(N)s4)nn3)[C@@H]2[C@@H](C)C(=O)[C@H](C)C[C@@]1(C)OC. The number of esters is 1. The van der Waals surface area contributed by atoms with Gasteiger partial charge in [-0.25, -0.2) is 23.6 Å².